The fraction of sp³-hybridized carbons (Fsp3) is 0.632. The Morgan fingerprint density at radius 1 is 1.57 bits per heavy atom. The van der Waals surface area contributed by atoms with Gasteiger partial charge in [0, 0.05) is 17.9 Å². The van der Waals surface area contributed by atoms with E-state index in [1.165, 1.54) is 23.4 Å². The number of allylic oxidation sites excluding steroid dienone is 1. The quantitative estimate of drug-likeness (QED) is 0.477. The van der Waals surface area contributed by atoms with Crippen LogP contribution in [0, 0.1) is 17.3 Å². The second-order valence-electron chi connectivity index (χ2n) is 7.10. The van der Waals surface area contributed by atoms with Crippen LogP contribution in [0.15, 0.2) is 35.3 Å². The van der Waals surface area contributed by atoms with Gasteiger partial charge in [-0.1, -0.05) is 37.6 Å². The number of hydrogen-bond donors (Lipinski definition) is 1. The van der Waals surface area contributed by atoms with Crippen LogP contribution in [0.5, 0.6) is 0 Å². The Kier molecular flexibility index (Phi) is 5.79. The Bertz CT molecular complexity index is 537. The van der Waals surface area contributed by atoms with E-state index in [1.807, 2.05) is 19.3 Å². The van der Waals surface area contributed by atoms with Crippen LogP contribution in [0.25, 0.3) is 0 Å². The molecule has 0 aromatic heterocycles. The number of fused-ring (bicyclic) bond motifs is 1. The lowest BCUT2D eigenvalue weighted by Crippen LogP contribution is -2.47. The molecule has 1 fully saturated rings. The van der Waals surface area contributed by atoms with Crippen molar-refractivity contribution in [2.24, 2.45) is 17.3 Å². The van der Waals surface area contributed by atoms with E-state index in [2.05, 4.69) is 20.4 Å². The smallest absolute Gasteiger partial charge is 0.331 e. The molecular weight excluding hydrogens is 308 g/mol. The van der Waals surface area contributed by atoms with Crippen molar-refractivity contribution < 1.29 is 14.6 Å². The molecule has 23 heavy (non-hydrogen) atoms. The third-order valence-corrected chi connectivity index (χ3v) is 6.07. The Labute approximate surface area is 143 Å². The van der Waals surface area contributed by atoms with Crippen LogP contribution in [0.3, 0.4) is 0 Å². The minimum absolute atomic E-state index is 0.0464. The van der Waals surface area contributed by atoms with E-state index >= 15 is 0 Å². The predicted octanol–water partition coefficient (Wildman–Crippen LogP) is 4.09. The van der Waals surface area contributed by atoms with Gasteiger partial charge in [-0.3, -0.25) is 0 Å². The number of ether oxygens (including phenoxy) is 1. The third-order valence-electron chi connectivity index (χ3n) is 5.66. The highest BCUT2D eigenvalue weighted by molar-refractivity contribution is 8.01. The molecule has 0 saturated heterocycles. The highest BCUT2D eigenvalue weighted by Crippen LogP contribution is 2.53. The second kappa shape index (κ2) is 7.27. The van der Waals surface area contributed by atoms with Crippen LogP contribution in [0.4, 0.5) is 0 Å². The molecule has 2 aliphatic rings. The lowest BCUT2D eigenvalue weighted by Gasteiger charge is -2.50. The van der Waals surface area contributed by atoms with Crippen LogP contribution in [0.2, 0.25) is 0 Å². The van der Waals surface area contributed by atoms with Crippen molar-refractivity contribution in [3.05, 3.63) is 35.3 Å². The third kappa shape index (κ3) is 3.74. The summed E-state index contributed by atoms with van der Waals surface area (Å²) in [5.74, 6) is 0.0417. The van der Waals surface area contributed by atoms with Crippen LogP contribution in [-0.2, 0) is 9.53 Å². The van der Waals surface area contributed by atoms with Gasteiger partial charge in [0.2, 0.25) is 0 Å². The van der Waals surface area contributed by atoms with Crippen molar-refractivity contribution in [3.8, 4) is 0 Å². The number of aliphatic hydroxyl groups excluding tert-OH is 1. The molecule has 3 nitrogen and oxygen atoms in total. The molecule has 2 rings (SSSR count). The first-order valence-electron chi connectivity index (χ1n) is 8.24. The lowest BCUT2D eigenvalue weighted by atomic mass is 9.56. The Morgan fingerprint density at radius 2 is 2.26 bits per heavy atom. The first-order chi connectivity index (χ1) is 10.8. The SMILES string of the molecule is C=C(C)[C@@H]1C[C@@]2(C)C(=C[C@H]1O)CC[C@@H](OC(=O)/C=C\SC)[C@@H]2C. The lowest BCUT2D eigenvalue weighted by molar-refractivity contribution is -0.150. The summed E-state index contributed by atoms with van der Waals surface area (Å²) in [5.41, 5.74) is 2.28. The minimum Gasteiger partial charge on any atom is -0.459 e. The summed E-state index contributed by atoms with van der Waals surface area (Å²) in [6.45, 7) is 10.4. The monoisotopic (exact) mass is 336 g/mol. The molecule has 0 radical (unpaired) electrons. The molecule has 2 aliphatic carbocycles. The molecule has 0 aliphatic heterocycles. The van der Waals surface area contributed by atoms with Crippen LogP contribution in [0.1, 0.15) is 40.0 Å². The van der Waals surface area contributed by atoms with E-state index in [9.17, 15) is 9.90 Å². The first kappa shape index (κ1) is 18.3. The first-order valence-corrected chi connectivity index (χ1v) is 9.53. The van der Waals surface area contributed by atoms with Gasteiger partial charge in [0.1, 0.15) is 6.10 Å². The van der Waals surface area contributed by atoms with Gasteiger partial charge >= 0.3 is 5.97 Å². The number of rotatable bonds is 4. The summed E-state index contributed by atoms with van der Waals surface area (Å²) < 4.78 is 5.69. The molecule has 0 spiro atoms. The Hall–Kier alpha value is -1.00. The highest BCUT2D eigenvalue weighted by atomic mass is 32.2. The average Bonchev–Trinajstić information content (AvgIpc) is 2.49. The normalized spacial score (nSPS) is 37.2. The van der Waals surface area contributed by atoms with Crippen LogP contribution in [-0.4, -0.2) is 29.5 Å². The molecule has 128 valence electrons. The van der Waals surface area contributed by atoms with Gasteiger partial charge in [-0.25, -0.2) is 4.79 Å². The zero-order chi connectivity index (χ0) is 17.2. The van der Waals surface area contributed by atoms with Crippen molar-refractivity contribution in [2.75, 3.05) is 6.26 Å². The van der Waals surface area contributed by atoms with E-state index < -0.39 is 6.10 Å². The summed E-state index contributed by atoms with van der Waals surface area (Å²) in [6, 6.07) is 0. The molecule has 1 saturated carbocycles. The standard InChI is InChI=1S/C19H28O3S/c1-12(2)15-11-19(4)13(3)17(22-18(21)8-9-23-5)7-6-14(19)10-16(15)20/h8-10,13,15-17,20H,1,6-7,11H2,2-5H3/b9-8-/t13-,15-,16+,17+,19+/m0/s1. The number of aliphatic hydroxyl groups is 1. The summed E-state index contributed by atoms with van der Waals surface area (Å²) in [4.78, 5) is 11.9. The van der Waals surface area contributed by atoms with Gasteiger partial charge in [0.05, 0.1) is 6.10 Å². The maximum Gasteiger partial charge on any atom is 0.331 e. The van der Waals surface area contributed by atoms with Crippen molar-refractivity contribution in [1.29, 1.82) is 0 Å². The van der Waals surface area contributed by atoms with E-state index in [1.54, 1.807) is 5.41 Å². The van der Waals surface area contributed by atoms with Gasteiger partial charge in [-0.05, 0) is 43.3 Å². The average molecular weight is 336 g/mol. The van der Waals surface area contributed by atoms with Crippen molar-refractivity contribution in [1.82, 2.24) is 0 Å². The molecule has 0 amide bonds. The molecular formula is C19H28O3S. The maximum atomic E-state index is 11.9. The molecule has 0 bridgehead atoms. The summed E-state index contributed by atoms with van der Waals surface area (Å²) >= 11 is 1.49. The maximum absolute atomic E-state index is 11.9. The zero-order valence-electron chi connectivity index (χ0n) is 14.5. The summed E-state index contributed by atoms with van der Waals surface area (Å²) in [6.07, 6.45) is 7.49. The molecule has 0 aromatic carbocycles. The molecule has 1 N–H and O–H groups in total. The van der Waals surface area contributed by atoms with Crippen LogP contribution >= 0.6 is 11.8 Å². The van der Waals surface area contributed by atoms with E-state index in [4.69, 9.17) is 4.74 Å². The topological polar surface area (TPSA) is 46.5 Å². The number of thioether (sulfide) groups is 1. The molecule has 4 heteroatoms. The predicted molar refractivity (Wildman–Crippen MR) is 96.1 cm³/mol. The van der Waals surface area contributed by atoms with Gasteiger partial charge in [-0.15, -0.1) is 11.8 Å². The zero-order valence-corrected chi connectivity index (χ0v) is 15.4. The summed E-state index contributed by atoms with van der Waals surface area (Å²) in [7, 11) is 0. The fourth-order valence-electron chi connectivity index (χ4n) is 3.97. The van der Waals surface area contributed by atoms with E-state index in [0.29, 0.717) is 0 Å². The molecule has 5 atom stereocenters. The molecule has 0 heterocycles. The fourth-order valence-corrected chi connectivity index (χ4v) is 4.21. The van der Waals surface area contributed by atoms with Gasteiger partial charge in [0.15, 0.2) is 0 Å². The van der Waals surface area contributed by atoms with Gasteiger partial charge in [-0.2, -0.15) is 0 Å². The Morgan fingerprint density at radius 3 is 2.87 bits per heavy atom. The van der Waals surface area contributed by atoms with E-state index in [0.717, 1.165) is 24.8 Å². The minimum atomic E-state index is -0.439. The number of carbonyl (C=O) groups excluding carboxylic acids is 1. The van der Waals surface area contributed by atoms with Gasteiger partial charge in [0.25, 0.3) is 0 Å². The highest BCUT2D eigenvalue weighted by Gasteiger charge is 2.48. The molecule has 0 unspecified atom stereocenters. The molecule has 0 aromatic rings. The van der Waals surface area contributed by atoms with Gasteiger partial charge < -0.3 is 9.84 Å². The van der Waals surface area contributed by atoms with Crippen molar-refractivity contribution in [2.45, 2.75) is 52.2 Å². The summed E-state index contributed by atoms with van der Waals surface area (Å²) in [5, 5.41) is 12.1. The van der Waals surface area contributed by atoms with E-state index in [-0.39, 0.29) is 29.3 Å². The van der Waals surface area contributed by atoms with Crippen molar-refractivity contribution >= 4 is 17.7 Å². The Balaban J connectivity index is 2.18. The van der Waals surface area contributed by atoms with Crippen molar-refractivity contribution in [3.63, 3.8) is 0 Å². The van der Waals surface area contributed by atoms with Crippen LogP contribution < -0.4 is 0 Å². The second-order valence-corrected chi connectivity index (χ2v) is 7.84. The number of esters is 1. The number of carbonyl (C=O) groups is 1. The largest absolute Gasteiger partial charge is 0.459 e. The number of hydrogen-bond acceptors (Lipinski definition) is 4.